The van der Waals surface area contributed by atoms with Gasteiger partial charge in [-0.1, -0.05) is 36.4 Å². The minimum absolute atomic E-state index is 0.0188. The largest absolute Gasteiger partial charge is 0.484 e. The number of benzene rings is 2. The van der Waals surface area contributed by atoms with Crippen LogP contribution in [0.5, 0.6) is 5.75 Å². The van der Waals surface area contributed by atoms with Crippen molar-refractivity contribution < 1.29 is 18.7 Å². The Morgan fingerprint density at radius 3 is 2.67 bits per heavy atom. The van der Waals surface area contributed by atoms with E-state index in [1.54, 1.807) is 35.5 Å². The molecule has 3 aromatic rings. The maximum Gasteiger partial charge on any atom is 0.237 e. The van der Waals surface area contributed by atoms with E-state index in [0.29, 0.717) is 50.3 Å². The van der Waals surface area contributed by atoms with E-state index in [1.165, 1.54) is 6.07 Å². The van der Waals surface area contributed by atoms with E-state index in [4.69, 9.17) is 4.74 Å². The van der Waals surface area contributed by atoms with Crippen molar-refractivity contribution in [3.8, 4) is 5.75 Å². The minimum atomic E-state index is -0.551. The molecule has 2 aliphatic heterocycles. The molecule has 2 aromatic carbocycles. The summed E-state index contributed by atoms with van der Waals surface area (Å²) in [5.41, 5.74) is 2.39. The molecule has 1 N–H and O–H groups in total. The molecule has 2 amide bonds. The third-order valence-electron chi connectivity index (χ3n) is 6.67. The van der Waals surface area contributed by atoms with Gasteiger partial charge in [-0.15, -0.1) is 0 Å². The third kappa shape index (κ3) is 5.71. The van der Waals surface area contributed by atoms with Crippen molar-refractivity contribution in [1.29, 1.82) is 0 Å². The number of nitrogens with one attached hydrogen (secondary N) is 1. The number of fused-ring (bicyclic) bond motifs is 1. The van der Waals surface area contributed by atoms with Crippen LogP contribution in [0, 0.1) is 5.82 Å². The van der Waals surface area contributed by atoms with Gasteiger partial charge in [0.05, 0.1) is 6.54 Å². The number of aromatic nitrogens is 1. The Labute approximate surface area is 209 Å². The Balaban J connectivity index is 1.37. The number of para-hydroxylation sites is 1. The molecule has 2 atom stereocenters. The predicted octanol–water partition coefficient (Wildman–Crippen LogP) is 3.46. The van der Waals surface area contributed by atoms with E-state index in [-0.39, 0.29) is 30.2 Å². The molecule has 7 nitrogen and oxygen atoms in total. The predicted molar refractivity (Wildman–Crippen MR) is 132 cm³/mol. The molecular weight excluding hydrogens is 459 g/mol. The van der Waals surface area contributed by atoms with Crippen LogP contribution in [0.1, 0.15) is 35.6 Å². The van der Waals surface area contributed by atoms with E-state index in [2.05, 4.69) is 10.3 Å². The van der Waals surface area contributed by atoms with Crippen molar-refractivity contribution in [1.82, 2.24) is 20.1 Å². The van der Waals surface area contributed by atoms with Gasteiger partial charge in [-0.3, -0.25) is 19.5 Å². The number of pyridine rings is 1. The van der Waals surface area contributed by atoms with Crippen LogP contribution in [-0.2, 0) is 22.7 Å². The van der Waals surface area contributed by atoms with Gasteiger partial charge < -0.3 is 15.0 Å². The molecule has 0 spiro atoms. The second kappa shape index (κ2) is 10.9. The number of nitrogens with zero attached hydrogens (tertiary/aromatic N) is 3. The first-order valence-electron chi connectivity index (χ1n) is 12.2. The summed E-state index contributed by atoms with van der Waals surface area (Å²) in [5.74, 6) is 0.331. The molecule has 0 bridgehead atoms. The molecule has 0 radical (unpaired) electrons. The highest BCUT2D eigenvalue weighted by atomic mass is 19.1. The van der Waals surface area contributed by atoms with E-state index >= 15 is 0 Å². The summed E-state index contributed by atoms with van der Waals surface area (Å²) in [6.45, 7) is 1.88. The van der Waals surface area contributed by atoms with Gasteiger partial charge in [-0.05, 0) is 36.2 Å². The molecule has 3 heterocycles. The average molecular weight is 489 g/mol. The van der Waals surface area contributed by atoms with Crippen molar-refractivity contribution in [2.24, 2.45) is 0 Å². The minimum Gasteiger partial charge on any atom is -0.484 e. The topological polar surface area (TPSA) is 74.8 Å². The lowest BCUT2D eigenvalue weighted by atomic mass is 10.1. The number of carbonyl (C=O) groups excluding carboxylic acids is 2. The summed E-state index contributed by atoms with van der Waals surface area (Å²) in [4.78, 5) is 33.3. The summed E-state index contributed by atoms with van der Waals surface area (Å²) in [6.07, 6.45) is 4.05. The number of ether oxygens (including phenoxy) is 1. The van der Waals surface area contributed by atoms with E-state index in [9.17, 15) is 14.0 Å². The van der Waals surface area contributed by atoms with Crippen LogP contribution in [0.4, 0.5) is 4.39 Å². The number of hydrogen-bond acceptors (Lipinski definition) is 5. The van der Waals surface area contributed by atoms with Crippen molar-refractivity contribution in [2.45, 2.75) is 38.1 Å². The quantitative estimate of drug-likeness (QED) is 0.551. The molecule has 186 valence electrons. The zero-order valence-electron chi connectivity index (χ0n) is 20.0. The Morgan fingerprint density at radius 2 is 1.89 bits per heavy atom. The van der Waals surface area contributed by atoms with Crippen LogP contribution >= 0.6 is 0 Å². The van der Waals surface area contributed by atoms with Crippen molar-refractivity contribution >= 4 is 11.8 Å². The lowest BCUT2D eigenvalue weighted by Crippen LogP contribution is -2.46. The number of hydrogen-bond donors (Lipinski definition) is 1. The number of amides is 2. The number of carbonyl (C=O) groups is 2. The zero-order chi connectivity index (χ0) is 24.9. The standard InChI is InChI=1S/C28H29FN4O3/c29-24-7-3-2-6-23(24)26-18-32(16-21-5-1-4-8-25(21)36-26)19-28(35)33(15-20-11-13-30-14-12-20)17-22-9-10-27(34)31-22/h1-8,11-14,22,26H,9-10,15-19H2,(H,31,34)/t22-,26-/m0/s1. The molecule has 1 saturated heterocycles. The molecule has 2 aliphatic rings. The van der Waals surface area contributed by atoms with Gasteiger partial charge in [0.15, 0.2) is 0 Å². The summed E-state index contributed by atoms with van der Waals surface area (Å²) >= 11 is 0. The fraction of sp³-hybridized carbons (Fsp3) is 0.321. The van der Waals surface area contributed by atoms with Crippen LogP contribution in [0.2, 0.25) is 0 Å². The second-order valence-electron chi connectivity index (χ2n) is 9.34. The SMILES string of the molecule is O=C1CC[C@@H](CN(Cc2ccncc2)C(=O)CN2Cc3ccccc3O[C@H](c3ccccc3F)C2)N1. The van der Waals surface area contributed by atoms with Crippen molar-refractivity contribution in [3.63, 3.8) is 0 Å². The maximum atomic E-state index is 14.7. The summed E-state index contributed by atoms with van der Waals surface area (Å²) in [5, 5.41) is 2.97. The van der Waals surface area contributed by atoms with Crippen LogP contribution in [0.15, 0.2) is 73.1 Å². The summed E-state index contributed by atoms with van der Waals surface area (Å²) in [7, 11) is 0. The Morgan fingerprint density at radius 1 is 1.11 bits per heavy atom. The van der Waals surface area contributed by atoms with Crippen molar-refractivity contribution in [2.75, 3.05) is 19.6 Å². The van der Waals surface area contributed by atoms with E-state index in [0.717, 1.165) is 11.1 Å². The molecule has 1 fully saturated rings. The van der Waals surface area contributed by atoms with Gasteiger partial charge in [0, 0.05) is 62.2 Å². The first-order valence-corrected chi connectivity index (χ1v) is 12.2. The van der Waals surface area contributed by atoms with Gasteiger partial charge in [-0.2, -0.15) is 0 Å². The maximum absolute atomic E-state index is 14.7. The molecule has 36 heavy (non-hydrogen) atoms. The molecule has 0 saturated carbocycles. The molecule has 8 heteroatoms. The highest BCUT2D eigenvalue weighted by Gasteiger charge is 2.30. The van der Waals surface area contributed by atoms with E-state index in [1.807, 2.05) is 41.3 Å². The lowest BCUT2D eigenvalue weighted by Gasteiger charge is -2.30. The molecule has 0 aliphatic carbocycles. The van der Waals surface area contributed by atoms with Gasteiger partial charge >= 0.3 is 0 Å². The smallest absolute Gasteiger partial charge is 0.237 e. The Bertz CT molecular complexity index is 1220. The monoisotopic (exact) mass is 488 g/mol. The summed E-state index contributed by atoms with van der Waals surface area (Å²) < 4.78 is 20.9. The molecular formula is C28H29FN4O3. The number of halogens is 1. The zero-order valence-corrected chi connectivity index (χ0v) is 20.0. The van der Waals surface area contributed by atoms with Crippen LogP contribution in [0.3, 0.4) is 0 Å². The molecule has 1 aromatic heterocycles. The van der Waals surface area contributed by atoms with Crippen molar-refractivity contribution in [3.05, 3.63) is 95.6 Å². The van der Waals surface area contributed by atoms with Gasteiger partial charge in [0.25, 0.3) is 0 Å². The average Bonchev–Trinajstić information content (AvgIpc) is 3.20. The van der Waals surface area contributed by atoms with Crippen LogP contribution in [0.25, 0.3) is 0 Å². The second-order valence-corrected chi connectivity index (χ2v) is 9.34. The lowest BCUT2D eigenvalue weighted by molar-refractivity contribution is -0.134. The first kappa shape index (κ1) is 23.9. The fourth-order valence-corrected chi connectivity index (χ4v) is 4.83. The highest BCUT2D eigenvalue weighted by molar-refractivity contribution is 5.80. The summed E-state index contributed by atoms with van der Waals surface area (Å²) in [6, 6.07) is 18.0. The highest BCUT2D eigenvalue weighted by Crippen LogP contribution is 2.32. The van der Waals surface area contributed by atoms with E-state index < -0.39 is 6.10 Å². The van der Waals surface area contributed by atoms with Crippen LogP contribution in [-0.4, -0.2) is 52.3 Å². The van der Waals surface area contributed by atoms with Gasteiger partial charge in [-0.25, -0.2) is 4.39 Å². The van der Waals surface area contributed by atoms with Crippen LogP contribution < -0.4 is 10.1 Å². The third-order valence-corrected chi connectivity index (χ3v) is 6.67. The van der Waals surface area contributed by atoms with Gasteiger partial charge in [0.2, 0.25) is 11.8 Å². The fourth-order valence-electron chi connectivity index (χ4n) is 4.83. The Hall–Kier alpha value is -3.78. The van der Waals surface area contributed by atoms with Gasteiger partial charge in [0.1, 0.15) is 17.7 Å². The molecule has 0 unspecified atom stereocenters. The molecule has 5 rings (SSSR count). The normalized spacial score (nSPS) is 19.6. The number of rotatable bonds is 7. The first-order chi connectivity index (χ1) is 17.5. The Kier molecular flexibility index (Phi) is 7.23.